The normalized spacial score (nSPS) is 10.2. The fraction of sp³-hybridized carbons (Fsp3) is 0.0909. The third-order valence-electron chi connectivity index (χ3n) is 1.86. The lowest BCUT2D eigenvalue weighted by Crippen LogP contribution is -1.94. The average molecular weight is 255 g/mol. The molecule has 1 aromatic heterocycles. The van der Waals surface area contributed by atoms with Crippen molar-refractivity contribution in [2.45, 2.75) is 6.92 Å². The molecule has 0 amide bonds. The molecule has 0 radical (unpaired) electrons. The highest BCUT2D eigenvalue weighted by Crippen LogP contribution is 2.33. The van der Waals surface area contributed by atoms with Crippen molar-refractivity contribution >= 4 is 23.2 Å². The molecule has 0 aliphatic rings. The first-order valence-electron chi connectivity index (χ1n) is 4.59. The van der Waals surface area contributed by atoms with Crippen molar-refractivity contribution in [1.29, 1.82) is 0 Å². The van der Waals surface area contributed by atoms with E-state index in [2.05, 4.69) is 9.97 Å². The van der Waals surface area contributed by atoms with E-state index in [1.807, 2.05) is 18.2 Å². The SMILES string of the molecule is Cc1nc(Cl)c(Oc2ccccc2)c(Cl)n1. The summed E-state index contributed by atoms with van der Waals surface area (Å²) in [6.07, 6.45) is 0. The van der Waals surface area contributed by atoms with Gasteiger partial charge in [-0.05, 0) is 19.1 Å². The minimum atomic E-state index is 0.210. The molecule has 2 rings (SSSR count). The van der Waals surface area contributed by atoms with Crippen LogP contribution < -0.4 is 4.74 Å². The Balaban J connectivity index is 2.35. The fourth-order valence-electron chi connectivity index (χ4n) is 1.19. The van der Waals surface area contributed by atoms with E-state index in [1.54, 1.807) is 19.1 Å². The lowest BCUT2D eigenvalue weighted by atomic mass is 10.3. The summed E-state index contributed by atoms with van der Waals surface area (Å²) in [6, 6.07) is 9.19. The molecule has 0 aliphatic heterocycles. The van der Waals surface area contributed by atoms with Crippen LogP contribution in [0.25, 0.3) is 0 Å². The van der Waals surface area contributed by atoms with Crippen LogP contribution in [-0.4, -0.2) is 9.97 Å². The molecule has 0 saturated heterocycles. The van der Waals surface area contributed by atoms with Crippen LogP contribution >= 0.6 is 23.2 Å². The smallest absolute Gasteiger partial charge is 0.201 e. The number of hydrogen-bond donors (Lipinski definition) is 0. The molecule has 0 atom stereocenters. The number of benzene rings is 1. The number of halogens is 2. The van der Waals surface area contributed by atoms with Crippen LogP contribution in [0.4, 0.5) is 0 Å². The van der Waals surface area contributed by atoms with Gasteiger partial charge in [-0.3, -0.25) is 0 Å². The Morgan fingerprint density at radius 2 is 1.56 bits per heavy atom. The molecule has 82 valence electrons. The lowest BCUT2D eigenvalue weighted by molar-refractivity contribution is 0.477. The Hall–Kier alpha value is -1.32. The molecule has 1 aromatic carbocycles. The van der Waals surface area contributed by atoms with Gasteiger partial charge in [0.1, 0.15) is 11.6 Å². The summed E-state index contributed by atoms with van der Waals surface area (Å²) in [5.41, 5.74) is 0. The van der Waals surface area contributed by atoms with Crippen LogP contribution in [0.15, 0.2) is 30.3 Å². The van der Waals surface area contributed by atoms with Gasteiger partial charge in [-0.25, -0.2) is 9.97 Å². The first-order valence-corrected chi connectivity index (χ1v) is 5.35. The molecule has 5 heteroatoms. The molecule has 0 unspecified atom stereocenters. The largest absolute Gasteiger partial charge is 0.451 e. The summed E-state index contributed by atoms with van der Waals surface area (Å²) in [5.74, 6) is 1.43. The summed E-state index contributed by atoms with van der Waals surface area (Å²) in [5, 5.41) is 0.419. The van der Waals surface area contributed by atoms with Gasteiger partial charge < -0.3 is 4.74 Å². The maximum absolute atomic E-state index is 5.92. The average Bonchev–Trinajstić information content (AvgIpc) is 2.25. The topological polar surface area (TPSA) is 35.0 Å². The third kappa shape index (κ3) is 2.43. The van der Waals surface area contributed by atoms with Crippen LogP contribution in [0, 0.1) is 6.92 Å². The summed E-state index contributed by atoms with van der Waals surface area (Å²) in [6.45, 7) is 1.71. The fourth-order valence-corrected chi connectivity index (χ4v) is 1.74. The molecule has 16 heavy (non-hydrogen) atoms. The van der Waals surface area contributed by atoms with Crippen LogP contribution in [0.3, 0.4) is 0 Å². The number of rotatable bonds is 2. The van der Waals surface area contributed by atoms with E-state index in [-0.39, 0.29) is 16.1 Å². The van der Waals surface area contributed by atoms with Gasteiger partial charge in [0.25, 0.3) is 0 Å². The van der Waals surface area contributed by atoms with Crippen molar-refractivity contribution in [2.75, 3.05) is 0 Å². The van der Waals surface area contributed by atoms with Crippen LogP contribution in [0.5, 0.6) is 11.5 Å². The quantitative estimate of drug-likeness (QED) is 0.763. The van der Waals surface area contributed by atoms with E-state index in [4.69, 9.17) is 27.9 Å². The first-order chi connectivity index (χ1) is 7.66. The van der Waals surface area contributed by atoms with E-state index in [1.165, 1.54) is 0 Å². The summed E-state index contributed by atoms with van der Waals surface area (Å²) >= 11 is 11.8. The molecule has 2 aromatic rings. The van der Waals surface area contributed by atoms with Gasteiger partial charge in [0, 0.05) is 0 Å². The van der Waals surface area contributed by atoms with Gasteiger partial charge in [-0.1, -0.05) is 41.4 Å². The van der Waals surface area contributed by atoms with Gasteiger partial charge >= 0.3 is 0 Å². The Morgan fingerprint density at radius 3 is 2.12 bits per heavy atom. The zero-order chi connectivity index (χ0) is 11.5. The number of hydrogen-bond acceptors (Lipinski definition) is 3. The van der Waals surface area contributed by atoms with Crippen molar-refractivity contribution in [3.8, 4) is 11.5 Å². The Morgan fingerprint density at radius 1 is 1.00 bits per heavy atom. The predicted octanol–water partition coefficient (Wildman–Crippen LogP) is 3.88. The summed E-state index contributed by atoms with van der Waals surface area (Å²) in [7, 11) is 0. The zero-order valence-corrected chi connectivity index (χ0v) is 9.96. The molecule has 0 aliphatic carbocycles. The maximum Gasteiger partial charge on any atom is 0.201 e. The van der Waals surface area contributed by atoms with Crippen molar-refractivity contribution in [1.82, 2.24) is 9.97 Å². The second-order valence-electron chi connectivity index (χ2n) is 3.10. The Labute approximate surface area is 103 Å². The number of para-hydroxylation sites is 1. The molecule has 0 N–H and O–H groups in total. The van der Waals surface area contributed by atoms with E-state index in [0.717, 1.165) is 0 Å². The number of nitrogens with zero attached hydrogens (tertiary/aromatic N) is 2. The third-order valence-corrected chi connectivity index (χ3v) is 2.37. The zero-order valence-electron chi connectivity index (χ0n) is 8.45. The highest BCUT2D eigenvalue weighted by atomic mass is 35.5. The van der Waals surface area contributed by atoms with E-state index >= 15 is 0 Å². The van der Waals surface area contributed by atoms with E-state index < -0.39 is 0 Å². The summed E-state index contributed by atoms with van der Waals surface area (Å²) in [4.78, 5) is 7.95. The minimum Gasteiger partial charge on any atom is -0.451 e. The highest BCUT2D eigenvalue weighted by molar-refractivity contribution is 6.35. The molecule has 0 spiro atoms. The molecule has 0 fully saturated rings. The Bertz CT molecular complexity index is 480. The molecule has 1 heterocycles. The van der Waals surface area contributed by atoms with E-state index in [0.29, 0.717) is 11.6 Å². The van der Waals surface area contributed by atoms with Crippen molar-refractivity contribution in [3.05, 3.63) is 46.5 Å². The lowest BCUT2D eigenvalue weighted by Gasteiger charge is -2.08. The van der Waals surface area contributed by atoms with E-state index in [9.17, 15) is 0 Å². The first kappa shape index (κ1) is 11.2. The summed E-state index contributed by atoms with van der Waals surface area (Å²) < 4.78 is 5.51. The van der Waals surface area contributed by atoms with Crippen molar-refractivity contribution in [2.24, 2.45) is 0 Å². The molecule has 0 saturated carbocycles. The molecule has 3 nitrogen and oxygen atoms in total. The van der Waals surface area contributed by atoms with Gasteiger partial charge in [0.15, 0.2) is 10.3 Å². The second kappa shape index (κ2) is 4.68. The number of aryl methyl sites for hydroxylation is 1. The minimum absolute atomic E-state index is 0.210. The molecular weight excluding hydrogens is 247 g/mol. The van der Waals surface area contributed by atoms with Crippen LogP contribution in [-0.2, 0) is 0 Å². The highest BCUT2D eigenvalue weighted by Gasteiger charge is 2.12. The predicted molar refractivity (Wildman–Crippen MR) is 63.3 cm³/mol. The monoisotopic (exact) mass is 254 g/mol. The number of ether oxygens (including phenoxy) is 1. The van der Waals surface area contributed by atoms with Gasteiger partial charge in [0.05, 0.1) is 0 Å². The van der Waals surface area contributed by atoms with Crippen molar-refractivity contribution in [3.63, 3.8) is 0 Å². The Kier molecular flexibility index (Phi) is 3.27. The maximum atomic E-state index is 5.92. The van der Waals surface area contributed by atoms with Gasteiger partial charge in [-0.15, -0.1) is 0 Å². The standard InChI is InChI=1S/C11H8Cl2N2O/c1-7-14-10(12)9(11(13)15-7)16-8-5-3-2-4-6-8/h2-6H,1H3. The van der Waals surface area contributed by atoms with Crippen LogP contribution in [0.1, 0.15) is 5.82 Å². The number of aromatic nitrogens is 2. The molecular formula is C11H8Cl2N2O. The van der Waals surface area contributed by atoms with Gasteiger partial charge in [0.2, 0.25) is 5.75 Å². The van der Waals surface area contributed by atoms with Crippen LogP contribution in [0.2, 0.25) is 10.3 Å². The second-order valence-corrected chi connectivity index (χ2v) is 3.81. The van der Waals surface area contributed by atoms with Crippen molar-refractivity contribution < 1.29 is 4.74 Å². The molecule has 0 bridgehead atoms. The van der Waals surface area contributed by atoms with Gasteiger partial charge in [-0.2, -0.15) is 0 Å².